The lowest BCUT2D eigenvalue weighted by Gasteiger charge is -2.33. The van der Waals surface area contributed by atoms with Crippen molar-refractivity contribution in [1.29, 1.82) is 0 Å². The summed E-state index contributed by atoms with van der Waals surface area (Å²) in [6.45, 7) is 0.869. The molecule has 5 nitrogen and oxygen atoms in total. The van der Waals surface area contributed by atoms with E-state index in [1.807, 2.05) is 30.3 Å². The minimum absolute atomic E-state index is 0.0138. The van der Waals surface area contributed by atoms with Crippen molar-refractivity contribution >= 4 is 22.6 Å². The summed E-state index contributed by atoms with van der Waals surface area (Å²) in [6, 6.07) is 10.6. The van der Waals surface area contributed by atoms with Gasteiger partial charge in [-0.1, -0.05) is 18.2 Å². The van der Waals surface area contributed by atoms with Crippen molar-refractivity contribution in [2.24, 2.45) is 5.92 Å². The number of ether oxygens (including phenoxy) is 1. The molecule has 26 heavy (non-hydrogen) atoms. The summed E-state index contributed by atoms with van der Waals surface area (Å²) in [5.74, 6) is 1.38. The molecule has 0 bridgehead atoms. The second kappa shape index (κ2) is 6.54. The number of benzene rings is 1. The number of pyridine rings is 1. The van der Waals surface area contributed by atoms with Crippen LogP contribution in [0.25, 0.3) is 10.9 Å². The summed E-state index contributed by atoms with van der Waals surface area (Å²) >= 11 is 0. The first-order chi connectivity index (χ1) is 12.8. The van der Waals surface area contributed by atoms with Gasteiger partial charge in [0, 0.05) is 30.0 Å². The maximum Gasteiger partial charge on any atom is 0.252 e. The largest absolute Gasteiger partial charge is 0.378 e. The van der Waals surface area contributed by atoms with Crippen LogP contribution in [-0.4, -0.2) is 35.7 Å². The predicted octanol–water partition coefficient (Wildman–Crippen LogP) is 3.50. The van der Waals surface area contributed by atoms with Gasteiger partial charge in [-0.2, -0.15) is 0 Å². The molecular formula is C21H25N3O2. The van der Waals surface area contributed by atoms with Gasteiger partial charge in [0.2, 0.25) is 0 Å². The summed E-state index contributed by atoms with van der Waals surface area (Å²) in [7, 11) is 0. The van der Waals surface area contributed by atoms with Crippen LogP contribution in [0.3, 0.4) is 0 Å². The first-order valence-electron chi connectivity index (χ1n) is 9.87. The van der Waals surface area contributed by atoms with Gasteiger partial charge in [0.25, 0.3) is 5.91 Å². The van der Waals surface area contributed by atoms with Gasteiger partial charge in [-0.15, -0.1) is 0 Å². The fourth-order valence-electron chi connectivity index (χ4n) is 4.47. The molecule has 1 saturated heterocycles. The Morgan fingerprint density at radius 2 is 2.00 bits per heavy atom. The first-order valence-corrected chi connectivity index (χ1v) is 9.87. The van der Waals surface area contributed by atoms with Crippen LogP contribution in [0.5, 0.6) is 0 Å². The molecule has 0 spiro atoms. The third-order valence-electron chi connectivity index (χ3n) is 5.99. The zero-order valence-electron chi connectivity index (χ0n) is 14.9. The van der Waals surface area contributed by atoms with Crippen molar-refractivity contribution < 1.29 is 9.53 Å². The van der Waals surface area contributed by atoms with E-state index in [2.05, 4.69) is 10.6 Å². The zero-order valence-corrected chi connectivity index (χ0v) is 14.9. The van der Waals surface area contributed by atoms with Gasteiger partial charge >= 0.3 is 0 Å². The van der Waals surface area contributed by atoms with E-state index >= 15 is 0 Å². The van der Waals surface area contributed by atoms with E-state index in [-0.39, 0.29) is 5.91 Å². The maximum absolute atomic E-state index is 12.7. The average molecular weight is 351 g/mol. The zero-order chi connectivity index (χ0) is 17.5. The Hall–Kier alpha value is -2.14. The molecule has 3 aliphatic rings. The van der Waals surface area contributed by atoms with Crippen molar-refractivity contribution in [3.05, 3.63) is 35.9 Å². The average Bonchev–Trinajstić information content (AvgIpc) is 3.33. The Morgan fingerprint density at radius 1 is 1.12 bits per heavy atom. The van der Waals surface area contributed by atoms with Gasteiger partial charge in [0.15, 0.2) is 0 Å². The number of rotatable bonds is 4. The SMILES string of the molecule is O=C(NC1CC1)c1cc(NC2CCCC3OCCC23)nc2ccccc12. The van der Waals surface area contributed by atoms with Gasteiger partial charge in [0.05, 0.1) is 17.2 Å². The molecular weight excluding hydrogens is 326 g/mol. The van der Waals surface area contributed by atoms with Gasteiger partial charge in [0.1, 0.15) is 5.82 Å². The molecule has 5 heteroatoms. The number of para-hydroxylation sites is 1. The maximum atomic E-state index is 12.7. The molecule has 1 amide bonds. The molecule has 3 fully saturated rings. The van der Waals surface area contributed by atoms with E-state index in [4.69, 9.17) is 9.72 Å². The first kappa shape index (κ1) is 16.1. The molecule has 2 saturated carbocycles. The van der Waals surface area contributed by atoms with Gasteiger partial charge in [-0.05, 0) is 50.7 Å². The lowest BCUT2D eigenvalue weighted by Crippen LogP contribution is -2.38. The number of amides is 1. The van der Waals surface area contributed by atoms with Crippen molar-refractivity contribution in [3.63, 3.8) is 0 Å². The van der Waals surface area contributed by atoms with E-state index in [9.17, 15) is 4.79 Å². The Kier molecular flexibility index (Phi) is 4.04. The molecule has 2 N–H and O–H groups in total. The van der Waals surface area contributed by atoms with Crippen LogP contribution < -0.4 is 10.6 Å². The summed E-state index contributed by atoms with van der Waals surface area (Å²) in [5, 5.41) is 7.67. The Bertz CT molecular complexity index is 833. The smallest absolute Gasteiger partial charge is 0.252 e. The second-order valence-electron chi connectivity index (χ2n) is 7.86. The normalized spacial score (nSPS) is 27.9. The standard InChI is InChI=1S/C21H25N3O2/c25-21(22-13-8-9-13)16-12-20(23-17-5-2-1-4-14(16)17)24-18-6-3-7-19-15(18)10-11-26-19/h1-2,4-5,12-13,15,18-19H,3,6-11H2,(H,22,25)(H,23,24). The highest BCUT2D eigenvalue weighted by atomic mass is 16.5. The van der Waals surface area contributed by atoms with Crippen molar-refractivity contribution in [2.45, 2.75) is 56.7 Å². The Labute approximate surface area is 153 Å². The Balaban J connectivity index is 1.46. The van der Waals surface area contributed by atoms with Crippen molar-refractivity contribution in [3.8, 4) is 0 Å². The highest BCUT2D eigenvalue weighted by Crippen LogP contribution is 2.36. The number of nitrogens with one attached hydrogen (secondary N) is 2. The topological polar surface area (TPSA) is 63.2 Å². The molecule has 2 heterocycles. The molecule has 3 atom stereocenters. The van der Waals surface area contributed by atoms with E-state index in [1.165, 1.54) is 12.8 Å². The van der Waals surface area contributed by atoms with Crippen LogP contribution in [0.15, 0.2) is 30.3 Å². The molecule has 136 valence electrons. The van der Waals surface area contributed by atoms with Crippen LogP contribution >= 0.6 is 0 Å². The lowest BCUT2D eigenvalue weighted by atomic mass is 9.82. The van der Waals surface area contributed by atoms with E-state index in [1.54, 1.807) is 0 Å². The summed E-state index contributed by atoms with van der Waals surface area (Å²) in [5.41, 5.74) is 1.59. The van der Waals surface area contributed by atoms with E-state index in [0.717, 1.165) is 54.6 Å². The molecule has 0 radical (unpaired) electrons. The van der Waals surface area contributed by atoms with E-state index < -0.39 is 0 Å². The molecule has 2 aromatic rings. The fraction of sp³-hybridized carbons (Fsp3) is 0.524. The third kappa shape index (κ3) is 3.05. The molecule has 1 aliphatic heterocycles. The predicted molar refractivity (Wildman–Crippen MR) is 101 cm³/mol. The van der Waals surface area contributed by atoms with Gasteiger partial charge in [-0.3, -0.25) is 4.79 Å². The number of carbonyl (C=O) groups is 1. The van der Waals surface area contributed by atoms with Gasteiger partial charge < -0.3 is 15.4 Å². The number of fused-ring (bicyclic) bond motifs is 2. The fourth-order valence-corrected chi connectivity index (χ4v) is 4.47. The van der Waals surface area contributed by atoms with Crippen LogP contribution in [-0.2, 0) is 4.74 Å². The number of anilines is 1. The summed E-state index contributed by atoms with van der Waals surface area (Å²) in [6.07, 6.45) is 7.17. The van der Waals surface area contributed by atoms with Crippen LogP contribution in [0.1, 0.15) is 48.9 Å². The number of aromatic nitrogens is 1. The summed E-state index contributed by atoms with van der Waals surface area (Å²) < 4.78 is 5.88. The number of hydrogen-bond acceptors (Lipinski definition) is 4. The minimum Gasteiger partial charge on any atom is -0.378 e. The van der Waals surface area contributed by atoms with Crippen molar-refractivity contribution in [2.75, 3.05) is 11.9 Å². The van der Waals surface area contributed by atoms with Crippen molar-refractivity contribution in [1.82, 2.24) is 10.3 Å². The molecule has 1 aromatic heterocycles. The summed E-state index contributed by atoms with van der Waals surface area (Å²) in [4.78, 5) is 17.5. The van der Waals surface area contributed by atoms with Crippen LogP contribution in [0.4, 0.5) is 5.82 Å². The number of carbonyl (C=O) groups excluding carboxylic acids is 1. The van der Waals surface area contributed by atoms with E-state index in [0.29, 0.717) is 24.1 Å². The molecule has 3 unspecified atom stereocenters. The highest BCUT2D eigenvalue weighted by molar-refractivity contribution is 6.07. The molecule has 1 aromatic carbocycles. The molecule has 5 rings (SSSR count). The second-order valence-corrected chi connectivity index (χ2v) is 7.86. The monoisotopic (exact) mass is 351 g/mol. The molecule has 2 aliphatic carbocycles. The van der Waals surface area contributed by atoms with Gasteiger partial charge in [-0.25, -0.2) is 4.98 Å². The lowest BCUT2D eigenvalue weighted by molar-refractivity contribution is 0.0619. The number of nitrogens with zero attached hydrogens (tertiary/aromatic N) is 1. The quantitative estimate of drug-likeness (QED) is 0.885. The highest BCUT2D eigenvalue weighted by Gasteiger charge is 2.37. The van der Waals surface area contributed by atoms with Crippen LogP contribution in [0, 0.1) is 5.92 Å². The minimum atomic E-state index is 0.0138. The Morgan fingerprint density at radius 3 is 2.88 bits per heavy atom. The number of hydrogen-bond donors (Lipinski definition) is 2. The third-order valence-corrected chi connectivity index (χ3v) is 5.99. The van der Waals surface area contributed by atoms with Crippen LogP contribution in [0.2, 0.25) is 0 Å².